The Hall–Kier alpha value is -1.58. The zero-order valence-corrected chi connectivity index (χ0v) is 9.48. The van der Waals surface area contributed by atoms with Gasteiger partial charge < -0.3 is 5.73 Å². The molecule has 0 saturated heterocycles. The molecule has 0 atom stereocenters. The van der Waals surface area contributed by atoms with Gasteiger partial charge in [0.2, 0.25) is 0 Å². The van der Waals surface area contributed by atoms with Crippen LogP contribution in [0.3, 0.4) is 0 Å². The van der Waals surface area contributed by atoms with E-state index in [9.17, 15) is 4.79 Å². The van der Waals surface area contributed by atoms with Gasteiger partial charge >= 0.3 is 0 Å². The van der Waals surface area contributed by atoms with Gasteiger partial charge in [-0.3, -0.25) is 4.79 Å². The van der Waals surface area contributed by atoms with Crippen molar-refractivity contribution in [1.29, 1.82) is 0 Å². The van der Waals surface area contributed by atoms with Crippen molar-refractivity contribution in [3.05, 3.63) is 59.8 Å². The zero-order valence-electron chi connectivity index (χ0n) is 8.44. The average Bonchev–Trinajstić information content (AvgIpc) is 2.30. The van der Waals surface area contributed by atoms with Crippen molar-refractivity contribution in [2.45, 2.75) is 0 Å². The molecule has 0 bridgehead atoms. The van der Waals surface area contributed by atoms with Crippen molar-refractivity contribution in [2.75, 3.05) is 0 Å². The van der Waals surface area contributed by atoms with Crippen LogP contribution in [0.5, 0.6) is 0 Å². The van der Waals surface area contributed by atoms with Crippen LogP contribution in [0, 0.1) is 0 Å². The number of aldehydes is 1. The van der Waals surface area contributed by atoms with Crippen molar-refractivity contribution in [2.24, 2.45) is 0 Å². The second kappa shape index (κ2) is 5.49. The van der Waals surface area contributed by atoms with Crippen molar-refractivity contribution in [3.8, 4) is 11.1 Å². The van der Waals surface area contributed by atoms with E-state index in [1.54, 1.807) is 12.1 Å². The molecule has 0 aliphatic rings. The van der Waals surface area contributed by atoms with Gasteiger partial charge in [0.05, 0.1) is 0 Å². The van der Waals surface area contributed by atoms with E-state index in [1.807, 2.05) is 36.4 Å². The smallest absolute Gasteiger partial charge is 0.150 e. The van der Waals surface area contributed by atoms with Gasteiger partial charge in [0.25, 0.3) is 0 Å². The van der Waals surface area contributed by atoms with E-state index in [-0.39, 0.29) is 16.8 Å². The molecule has 2 aromatic carbocycles. The van der Waals surface area contributed by atoms with Crippen molar-refractivity contribution < 1.29 is 21.6 Å². The molecule has 16 heavy (non-hydrogen) atoms. The van der Waals surface area contributed by atoms with E-state index in [0.717, 1.165) is 17.4 Å². The molecule has 0 heterocycles. The van der Waals surface area contributed by atoms with Crippen LogP contribution in [-0.4, -0.2) is 6.29 Å². The Kier molecular flexibility index (Phi) is 4.28. The van der Waals surface area contributed by atoms with Gasteiger partial charge in [0.1, 0.15) is 0 Å². The molecule has 1 radical (unpaired) electrons. The first-order chi connectivity index (χ1) is 7.33. The number of hydrogen-bond donors (Lipinski definition) is 0. The molecule has 0 aromatic heterocycles. The summed E-state index contributed by atoms with van der Waals surface area (Å²) >= 11 is 0. The minimum Gasteiger partial charge on any atom is -0.698 e. The number of carbonyl (C=O) groups excluding carboxylic acids is 1. The molecule has 2 aromatic rings. The van der Waals surface area contributed by atoms with Crippen LogP contribution in [0.25, 0.3) is 16.9 Å². The van der Waals surface area contributed by atoms with Crippen LogP contribution in [0.4, 0.5) is 5.69 Å². The largest absolute Gasteiger partial charge is 0.698 e. The standard InChI is InChI=1S/C13H11NO.Co/c14-13-8-4-3-7-12(13)11-6-2-1-5-10(11)9-15;/h1-9H,(H2,14,15);/p-1. The van der Waals surface area contributed by atoms with Crippen LogP contribution in [-0.2, 0) is 16.8 Å². The van der Waals surface area contributed by atoms with Crippen molar-refractivity contribution in [1.82, 2.24) is 0 Å². The first-order valence-electron chi connectivity index (χ1n) is 4.68. The third-order valence-corrected chi connectivity index (χ3v) is 2.30. The summed E-state index contributed by atoms with van der Waals surface area (Å²) in [6, 6.07) is 14.6. The third-order valence-electron chi connectivity index (χ3n) is 2.30. The summed E-state index contributed by atoms with van der Waals surface area (Å²) < 4.78 is 0. The molecule has 3 heteroatoms. The van der Waals surface area contributed by atoms with Crippen molar-refractivity contribution >= 4 is 12.0 Å². The maximum absolute atomic E-state index is 10.9. The second-order valence-corrected chi connectivity index (χ2v) is 3.25. The van der Waals surface area contributed by atoms with Crippen LogP contribution in [0.2, 0.25) is 0 Å². The Balaban J connectivity index is 0.00000128. The fourth-order valence-electron chi connectivity index (χ4n) is 1.56. The average molecular weight is 255 g/mol. The van der Waals surface area contributed by atoms with E-state index in [1.165, 1.54) is 0 Å². The Morgan fingerprint density at radius 2 is 1.44 bits per heavy atom. The fourth-order valence-corrected chi connectivity index (χ4v) is 1.56. The molecule has 0 spiro atoms. The summed E-state index contributed by atoms with van der Waals surface area (Å²) in [5.41, 5.74) is 10.4. The van der Waals surface area contributed by atoms with Crippen LogP contribution in [0.15, 0.2) is 48.5 Å². The Morgan fingerprint density at radius 3 is 2.06 bits per heavy atom. The molecular weight excluding hydrogens is 245 g/mol. The second-order valence-electron chi connectivity index (χ2n) is 3.25. The van der Waals surface area contributed by atoms with Gasteiger partial charge in [-0.1, -0.05) is 48.5 Å². The minimum absolute atomic E-state index is 0. The summed E-state index contributed by atoms with van der Waals surface area (Å²) in [7, 11) is 0. The molecular formula is C13H10CoNO-. The monoisotopic (exact) mass is 255 g/mol. The summed E-state index contributed by atoms with van der Waals surface area (Å²) in [6.45, 7) is 0. The molecule has 0 fully saturated rings. The number of hydrogen-bond acceptors (Lipinski definition) is 1. The van der Waals surface area contributed by atoms with Gasteiger partial charge in [-0.25, -0.2) is 0 Å². The minimum atomic E-state index is 0. The van der Waals surface area contributed by atoms with Gasteiger partial charge in [-0.05, 0) is 11.1 Å². The molecule has 0 aliphatic carbocycles. The van der Waals surface area contributed by atoms with Crippen LogP contribution >= 0.6 is 0 Å². The third kappa shape index (κ3) is 2.32. The van der Waals surface area contributed by atoms with Crippen molar-refractivity contribution in [3.63, 3.8) is 0 Å². The summed E-state index contributed by atoms with van der Waals surface area (Å²) in [5.74, 6) is 0. The molecule has 0 amide bonds. The predicted molar refractivity (Wildman–Crippen MR) is 61.2 cm³/mol. The molecule has 83 valence electrons. The topological polar surface area (TPSA) is 40.9 Å². The zero-order chi connectivity index (χ0) is 10.7. The molecule has 1 N–H and O–H groups in total. The van der Waals surface area contributed by atoms with Gasteiger partial charge in [-0.15, -0.1) is 5.69 Å². The molecule has 0 saturated carbocycles. The quantitative estimate of drug-likeness (QED) is 0.751. The Labute approximate surface area is 105 Å². The summed E-state index contributed by atoms with van der Waals surface area (Å²) in [6.07, 6.45) is 0.821. The van der Waals surface area contributed by atoms with Gasteiger partial charge in [0.15, 0.2) is 6.29 Å². The number of rotatable bonds is 2. The Morgan fingerprint density at radius 1 is 0.875 bits per heavy atom. The predicted octanol–water partition coefficient (Wildman–Crippen LogP) is 3.85. The fraction of sp³-hybridized carbons (Fsp3) is 0. The van der Waals surface area contributed by atoms with E-state index >= 15 is 0 Å². The summed E-state index contributed by atoms with van der Waals surface area (Å²) in [4.78, 5) is 10.9. The number of carbonyl (C=O) groups is 1. The van der Waals surface area contributed by atoms with Crippen LogP contribution in [0.1, 0.15) is 10.4 Å². The molecule has 2 nitrogen and oxygen atoms in total. The number of nitrogens with one attached hydrogen (secondary N) is 1. The normalized spacial score (nSPS) is 9.25. The van der Waals surface area contributed by atoms with E-state index in [0.29, 0.717) is 11.3 Å². The maximum Gasteiger partial charge on any atom is 0.150 e. The van der Waals surface area contributed by atoms with Crippen LogP contribution < -0.4 is 0 Å². The van der Waals surface area contributed by atoms with Gasteiger partial charge in [-0.2, -0.15) is 0 Å². The maximum atomic E-state index is 10.9. The van der Waals surface area contributed by atoms with E-state index in [4.69, 9.17) is 5.73 Å². The first-order valence-corrected chi connectivity index (χ1v) is 4.68. The Bertz CT molecular complexity index is 497. The SMILES string of the molecule is [Co].[NH-]c1ccccc1-c1ccccc1C=O. The first kappa shape index (κ1) is 12.5. The van der Waals surface area contributed by atoms with E-state index in [2.05, 4.69) is 0 Å². The summed E-state index contributed by atoms with van der Waals surface area (Å²) in [5, 5.41) is 0. The molecule has 0 unspecified atom stereocenters. The molecule has 2 rings (SSSR count). The van der Waals surface area contributed by atoms with E-state index < -0.39 is 0 Å². The number of benzene rings is 2. The van der Waals surface area contributed by atoms with Gasteiger partial charge in [0, 0.05) is 22.3 Å². The molecule has 0 aliphatic heterocycles.